The fraction of sp³-hybridized carbons (Fsp3) is 0.308. The molecule has 0 heterocycles. The van der Waals surface area contributed by atoms with Gasteiger partial charge in [-0.3, -0.25) is 4.79 Å². The molecule has 1 rings (SSSR count). The van der Waals surface area contributed by atoms with Gasteiger partial charge in [0.25, 0.3) is 0 Å². The number of benzene rings is 1. The number of ketones is 1. The van der Waals surface area contributed by atoms with Crippen molar-refractivity contribution in [1.82, 2.24) is 0 Å². The van der Waals surface area contributed by atoms with E-state index in [-0.39, 0.29) is 5.78 Å². The van der Waals surface area contributed by atoms with Crippen molar-refractivity contribution >= 4 is 5.78 Å². The molecule has 0 saturated carbocycles. The highest BCUT2D eigenvalue weighted by atomic mass is 16.1. The molecule has 0 saturated heterocycles. The minimum absolute atomic E-state index is 0.00926. The molecule has 0 aliphatic heterocycles. The highest BCUT2D eigenvalue weighted by molar-refractivity contribution is 6.06. The maximum Gasteiger partial charge on any atom is 0.188 e. The van der Waals surface area contributed by atoms with E-state index in [9.17, 15) is 4.79 Å². The molecular weight excluding hydrogens is 186 g/mol. The van der Waals surface area contributed by atoms with Gasteiger partial charge in [-0.25, -0.2) is 0 Å². The van der Waals surface area contributed by atoms with E-state index in [1.807, 2.05) is 32.9 Å². The summed E-state index contributed by atoms with van der Waals surface area (Å²) in [6.45, 7) is 7.65. The quantitative estimate of drug-likeness (QED) is 0.593. The molecule has 0 spiro atoms. The summed E-state index contributed by atoms with van der Waals surface area (Å²) in [5.74, 6) is -0.00926. The maximum absolute atomic E-state index is 11.9. The van der Waals surface area contributed by atoms with E-state index in [0.717, 1.165) is 16.7 Å². The molecule has 0 aliphatic carbocycles. The molecule has 0 amide bonds. The van der Waals surface area contributed by atoms with Gasteiger partial charge in [0.1, 0.15) is 0 Å². The summed E-state index contributed by atoms with van der Waals surface area (Å²) in [5, 5.41) is 0. The maximum atomic E-state index is 11.9. The Balaban J connectivity index is 3.26. The molecule has 0 radical (unpaired) electrons. The Bertz CT molecular complexity index is 403. The minimum atomic E-state index is -0.00926. The topological polar surface area (TPSA) is 43.1 Å². The van der Waals surface area contributed by atoms with Crippen molar-refractivity contribution in [3.63, 3.8) is 0 Å². The SMILES string of the molecule is CC(N)=CC(=O)c1c(C)cc(C)cc1C. The average Bonchev–Trinajstić information content (AvgIpc) is 1.99. The van der Waals surface area contributed by atoms with E-state index in [2.05, 4.69) is 0 Å². The Labute approximate surface area is 90.8 Å². The Kier molecular flexibility index (Phi) is 3.30. The van der Waals surface area contributed by atoms with Gasteiger partial charge in [-0.2, -0.15) is 0 Å². The first-order valence-corrected chi connectivity index (χ1v) is 4.97. The molecule has 0 aliphatic rings. The lowest BCUT2D eigenvalue weighted by atomic mass is 9.96. The fourth-order valence-electron chi connectivity index (χ4n) is 1.85. The van der Waals surface area contributed by atoms with Gasteiger partial charge in [0.2, 0.25) is 0 Å². The third-order valence-electron chi connectivity index (χ3n) is 2.28. The summed E-state index contributed by atoms with van der Waals surface area (Å²) < 4.78 is 0. The number of carbonyl (C=O) groups is 1. The molecule has 80 valence electrons. The first-order chi connectivity index (χ1) is 6.91. The van der Waals surface area contributed by atoms with Crippen LogP contribution >= 0.6 is 0 Å². The normalized spacial score (nSPS) is 11.6. The van der Waals surface area contributed by atoms with Gasteiger partial charge >= 0.3 is 0 Å². The molecule has 1 aromatic rings. The van der Waals surface area contributed by atoms with Gasteiger partial charge < -0.3 is 5.73 Å². The van der Waals surface area contributed by atoms with Crippen LogP contribution in [0.25, 0.3) is 0 Å². The van der Waals surface area contributed by atoms with Crippen molar-refractivity contribution < 1.29 is 4.79 Å². The van der Waals surface area contributed by atoms with Crippen LogP contribution in [0.3, 0.4) is 0 Å². The van der Waals surface area contributed by atoms with Crippen molar-refractivity contribution in [3.8, 4) is 0 Å². The van der Waals surface area contributed by atoms with E-state index in [1.165, 1.54) is 11.6 Å². The van der Waals surface area contributed by atoms with Crippen LogP contribution in [0.1, 0.15) is 34.0 Å². The van der Waals surface area contributed by atoms with Crippen LogP contribution in [0.4, 0.5) is 0 Å². The van der Waals surface area contributed by atoms with E-state index >= 15 is 0 Å². The first-order valence-electron chi connectivity index (χ1n) is 4.97. The molecule has 2 N–H and O–H groups in total. The summed E-state index contributed by atoms with van der Waals surface area (Å²) in [5.41, 5.74) is 10.0. The van der Waals surface area contributed by atoms with Crippen LogP contribution in [0, 0.1) is 20.8 Å². The Morgan fingerprint density at radius 2 is 1.67 bits per heavy atom. The molecule has 0 atom stereocenters. The van der Waals surface area contributed by atoms with Gasteiger partial charge in [-0.1, -0.05) is 17.7 Å². The monoisotopic (exact) mass is 203 g/mol. The van der Waals surface area contributed by atoms with Gasteiger partial charge in [0, 0.05) is 17.3 Å². The van der Waals surface area contributed by atoms with Crippen LogP contribution in [0.15, 0.2) is 23.9 Å². The zero-order valence-electron chi connectivity index (χ0n) is 9.72. The Morgan fingerprint density at radius 1 is 1.20 bits per heavy atom. The number of aryl methyl sites for hydroxylation is 3. The van der Waals surface area contributed by atoms with E-state index in [1.54, 1.807) is 6.92 Å². The van der Waals surface area contributed by atoms with E-state index < -0.39 is 0 Å². The largest absolute Gasteiger partial charge is 0.402 e. The number of rotatable bonds is 2. The minimum Gasteiger partial charge on any atom is -0.402 e. The molecule has 2 heteroatoms. The second-order valence-corrected chi connectivity index (χ2v) is 4.03. The Morgan fingerprint density at radius 3 is 2.07 bits per heavy atom. The predicted octanol–water partition coefficient (Wildman–Crippen LogP) is 2.66. The molecule has 15 heavy (non-hydrogen) atoms. The third-order valence-corrected chi connectivity index (χ3v) is 2.28. The number of nitrogens with two attached hydrogens (primary N) is 1. The second kappa shape index (κ2) is 4.30. The fourth-order valence-corrected chi connectivity index (χ4v) is 1.85. The molecule has 1 aromatic carbocycles. The predicted molar refractivity (Wildman–Crippen MR) is 62.9 cm³/mol. The zero-order valence-corrected chi connectivity index (χ0v) is 9.72. The van der Waals surface area contributed by atoms with Crippen LogP contribution in [0.5, 0.6) is 0 Å². The average molecular weight is 203 g/mol. The standard InChI is InChI=1S/C13H17NO/c1-8-5-9(2)13(10(3)6-8)12(15)7-11(4)14/h5-7H,14H2,1-4H3. The lowest BCUT2D eigenvalue weighted by Gasteiger charge is -2.08. The molecule has 0 aromatic heterocycles. The number of hydrogen-bond donors (Lipinski definition) is 1. The van der Waals surface area contributed by atoms with Gasteiger partial charge in [0.05, 0.1) is 0 Å². The molecule has 2 nitrogen and oxygen atoms in total. The summed E-state index contributed by atoms with van der Waals surface area (Å²) >= 11 is 0. The van der Waals surface area contributed by atoms with Crippen LogP contribution in [-0.2, 0) is 0 Å². The summed E-state index contributed by atoms with van der Waals surface area (Å²) in [4.78, 5) is 11.9. The van der Waals surface area contributed by atoms with Gasteiger partial charge in [0.15, 0.2) is 5.78 Å². The highest BCUT2D eigenvalue weighted by Gasteiger charge is 2.10. The smallest absolute Gasteiger partial charge is 0.188 e. The lowest BCUT2D eigenvalue weighted by Crippen LogP contribution is -2.05. The van der Waals surface area contributed by atoms with E-state index in [0.29, 0.717) is 5.70 Å². The lowest BCUT2D eigenvalue weighted by molar-refractivity contribution is 0.104. The first kappa shape index (κ1) is 11.5. The van der Waals surface area contributed by atoms with Crippen molar-refractivity contribution in [1.29, 1.82) is 0 Å². The van der Waals surface area contributed by atoms with Crippen LogP contribution < -0.4 is 5.73 Å². The van der Waals surface area contributed by atoms with Crippen molar-refractivity contribution in [3.05, 3.63) is 46.2 Å². The van der Waals surface area contributed by atoms with Crippen molar-refractivity contribution in [2.75, 3.05) is 0 Å². The molecule has 0 bridgehead atoms. The summed E-state index contributed by atoms with van der Waals surface area (Å²) in [6, 6.07) is 4.03. The highest BCUT2D eigenvalue weighted by Crippen LogP contribution is 2.17. The molecule has 0 fully saturated rings. The van der Waals surface area contributed by atoms with Gasteiger partial charge in [-0.15, -0.1) is 0 Å². The van der Waals surface area contributed by atoms with Crippen molar-refractivity contribution in [2.24, 2.45) is 5.73 Å². The van der Waals surface area contributed by atoms with Crippen LogP contribution in [0.2, 0.25) is 0 Å². The third kappa shape index (κ3) is 2.69. The summed E-state index contributed by atoms with van der Waals surface area (Å²) in [7, 11) is 0. The zero-order chi connectivity index (χ0) is 11.6. The number of hydrogen-bond acceptors (Lipinski definition) is 2. The number of allylic oxidation sites excluding steroid dienone is 2. The number of carbonyl (C=O) groups excluding carboxylic acids is 1. The molecular formula is C13H17NO. The van der Waals surface area contributed by atoms with E-state index in [4.69, 9.17) is 5.73 Å². The molecule has 0 unspecified atom stereocenters. The summed E-state index contributed by atoms with van der Waals surface area (Å²) in [6.07, 6.45) is 1.48. The Hall–Kier alpha value is -1.57. The second-order valence-electron chi connectivity index (χ2n) is 4.03. The van der Waals surface area contributed by atoms with Crippen molar-refractivity contribution in [2.45, 2.75) is 27.7 Å². The van der Waals surface area contributed by atoms with Gasteiger partial charge in [-0.05, 0) is 38.8 Å². The van der Waals surface area contributed by atoms with Crippen LogP contribution in [-0.4, -0.2) is 5.78 Å².